The van der Waals surface area contributed by atoms with E-state index in [1.807, 2.05) is 18.2 Å². The van der Waals surface area contributed by atoms with E-state index in [2.05, 4.69) is 19.2 Å². The second kappa shape index (κ2) is 8.35. The number of benzene rings is 1. The zero-order valence-corrected chi connectivity index (χ0v) is 12.1. The summed E-state index contributed by atoms with van der Waals surface area (Å²) in [4.78, 5) is 22.8. The molecule has 0 aromatic heterocycles. The second-order valence-corrected chi connectivity index (χ2v) is 5.44. The minimum atomic E-state index is -0.825. The Balaban J connectivity index is 2.58. The average Bonchev–Trinajstić information content (AvgIpc) is 2.42. The first kappa shape index (κ1) is 16.2. The van der Waals surface area contributed by atoms with E-state index in [9.17, 15) is 9.59 Å². The highest BCUT2D eigenvalue weighted by molar-refractivity contribution is 5.94. The Morgan fingerprint density at radius 3 is 2.30 bits per heavy atom. The molecule has 0 heterocycles. The number of carbonyl (C=O) groups excluding carboxylic acids is 1. The summed E-state index contributed by atoms with van der Waals surface area (Å²) in [5, 5.41) is 11.7. The summed E-state index contributed by atoms with van der Waals surface area (Å²) in [6.07, 6.45) is 2.33. The molecule has 0 saturated carbocycles. The molecule has 0 spiro atoms. The van der Waals surface area contributed by atoms with Gasteiger partial charge in [0, 0.05) is 18.0 Å². The predicted molar refractivity (Wildman–Crippen MR) is 78.6 cm³/mol. The van der Waals surface area contributed by atoms with Crippen LogP contribution in [0.15, 0.2) is 30.3 Å². The molecule has 0 radical (unpaired) electrons. The molecule has 2 N–H and O–H groups in total. The summed E-state index contributed by atoms with van der Waals surface area (Å²) >= 11 is 0. The Morgan fingerprint density at radius 2 is 1.75 bits per heavy atom. The molecular weight excluding hydrogens is 254 g/mol. The number of carboxylic acid groups (broad SMARTS) is 1. The van der Waals surface area contributed by atoms with E-state index in [0.29, 0.717) is 17.9 Å². The molecule has 20 heavy (non-hydrogen) atoms. The molecule has 0 fully saturated rings. The van der Waals surface area contributed by atoms with Gasteiger partial charge in [0.1, 0.15) is 0 Å². The number of rotatable bonds is 8. The van der Waals surface area contributed by atoms with Crippen molar-refractivity contribution in [3.05, 3.63) is 35.9 Å². The number of hydrogen-bond donors (Lipinski definition) is 2. The standard InChI is InChI=1S/C16H23NO3/c1-12(2)8-9-14(10-11-15(18)19)17-16(20)13-6-4-3-5-7-13/h3-7,12,14H,8-11H2,1-2H3,(H,17,20)(H,18,19)/t14-/m1/s1. The molecule has 0 aliphatic rings. The molecule has 1 atom stereocenters. The quantitative estimate of drug-likeness (QED) is 0.767. The largest absolute Gasteiger partial charge is 0.481 e. The summed E-state index contributed by atoms with van der Waals surface area (Å²) in [5.74, 6) is -0.422. The number of hydrogen-bond acceptors (Lipinski definition) is 2. The van der Waals surface area contributed by atoms with Gasteiger partial charge in [-0.3, -0.25) is 9.59 Å². The lowest BCUT2D eigenvalue weighted by atomic mass is 9.99. The highest BCUT2D eigenvalue weighted by atomic mass is 16.4. The molecule has 1 aromatic carbocycles. The van der Waals surface area contributed by atoms with Gasteiger partial charge in [-0.05, 0) is 37.3 Å². The van der Waals surface area contributed by atoms with Gasteiger partial charge in [0.15, 0.2) is 0 Å². The summed E-state index contributed by atoms with van der Waals surface area (Å²) < 4.78 is 0. The lowest BCUT2D eigenvalue weighted by Gasteiger charge is -2.19. The summed E-state index contributed by atoms with van der Waals surface area (Å²) in [5.41, 5.74) is 0.609. The molecule has 0 bridgehead atoms. The van der Waals surface area contributed by atoms with Crippen LogP contribution in [0.25, 0.3) is 0 Å². The van der Waals surface area contributed by atoms with Crippen LogP contribution in [0.4, 0.5) is 0 Å². The third kappa shape index (κ3) is 6.36. The average molecular weight is 277 g/mol. The molecule has 1 rings (SSSR count). The van der Waals surface area contributed by atoms with Gasteiger partial charge in [-0.15, -0.1) is 0 Å². The van der Waals surface area contributed by atoms with Crippen molar-refractivity contribution in [2.45, 2.75) is 45.6 Å². The molecular formula is C16H23NO3. The minimum absolute atomic E-state index is 0.0812. The fraction of sp³-hybridized carbons (Fsp3) is 0.500. The van der Waals surface area contributed by atoms with Crippen LogP contribution in [0.5, 0.6) is 0 Å². The number of amides is 1. The van der Waals surface area contributed by atoms with Crippen molar-refractivity contribution >= 4 is 11.9 Å². The van der Waals surface area contributed by atoms with Gasteiger partial charge >= 0.3 is 5.97 Å². The van der Waals surface area contributed by atoms with Crippen LogP contribution in [0.1, 0.15) is 49.9 Å². The third-order valence-corrected chi connectivity index (χ3v) is 3.17. The zero-order chi connectivity index (χ0) is 15.0. The molecule has 4 heteroatoms. The predicted octanol–water partition coefficient (Wildman–Crippen LogP) is 3.09. The molecule has 1 aromatic rings. The first-order valence-corrected chi connectivity index (χ1v) is 7.06. The van der Waals surface area contributed by atoms with Crippen molar-refractivity contribution in [1.29, 1.82) is 0 Å². The number of carbonyl (C=O) groups is 2. The maximum Gasteiger partial charge on any atom is 0.303 e. The van der Waals surface area contributed by atoms with Crippen LogP contribution in [-0.2, 0) is 4.79 Å². The normalized spacial score (nSPS) is 12.2. The Morgan fingerprint density at radius 1 is 1.10 bits per heavy atom. The van der Waals surface area contributed by atoms with Crippen molar-refractivity contribution in [3.63, 3.8) is 0 Å². The van der Waals surface area contributed by atoms with Gasteiger partial charge in [0.25, 0.3) is 5.91 Å². The van der Waals surface area contributed by atoms with Crippen molar-refractivity contribution < 1.29 is 14.7 Å². The van der Waals surface area contributed by atoms with Crippen molar-refractivity contribution in [1.82, 2.24) is 5.32 Å². The highest BCUT2D eigenvalue weighted by Gasteiger charge is 2.15. The van der Waals surface area contributed by atoms with Crippen LogP contribution < -0.4 is 5.32 Å². The molecule has 4 nitrogen and oxygen atoms in total. The van der Waals surface area contributed by atoms with Gasteiger partial charge in [0.05, 0.1) is 0 Å². The van der Waals surface area contributed by atoms with E-state index in [0.717, 1.165) is 12.8 Å². The van der Waals surface area contributed by atoms with E-state index < -0.39 is 5.97 Å². The first-order chi connectivity index (χ1) is 9.49. The number of carboxylic acids is 1. The van der Waals surface area contributed by atoms with Crippen LogP contribution in [0.2, 0.25) is 0 Å². The highest BCUT2D eigenvalue weighted by Crippen LogP contribution is 2.12. The monoisotopic (exact) mass is 277 g/mol. The maximum atomic E-state index is 12.1. The number of nitrogens with one attached hydrogen (secondary N) is 1. The topological polar surface area (TPSA) is 66.4 Å². The van der Waals surface area contributed by atoms with Gasteiger partial charge in [0.2, 0.25) is 0 Å². The third-order valence-electron chi connectivity index (χ3n) is 3.17. The van der Waals surface area contributed by atoms with Gasteiger partial charge < -0.3 is 10.4 Å². The van der Waals surface area contributed by atoms with Crippen LogP contribution in [-0.4, -0.2) is 23.0 Å². The van der Waals surface area contributed by atoms with Gasteiger partial charge in [-0.25, -0.2) is 0 Å². The van der Waals surface area contributed by atoms with E-state index in [-0.39, 0.29) is 18.4 Å². The SMILES string of the molecule is CC(C)CC[C@H](CCC(=O)O)NC(=O)c1ccccc1. The van der Waals surface area contributed by atoms with Crippen molar-refractivity contribution in [3.8, 4) is 0 Å². The van der Waals surface area contributed by atoms with Crippen LogP contribution in [0.3, 0.4) is 0 Å². The lowest BCUT2D eigenvalue weighted by molar-refractivity contribution is -0.137. The Hall–Kier alpha value is -1.84. The van der Waals surface area contributed by atoms with E-state index in [1.54, 1.807) is 12.1 Å². The second-order valence-electron chi connectivity index (χ2n) is 5.44. The van der Waals surface area contributed by atoms with E-state index in [4.69, 9.17) is 5.11 Å². The van der Waals surface area contributed by atoms with Crippen LogP contribution >= 0.6 is 0 Å². The Kier molecular flexibility index (Phi) is 6.77. The first-order valence-electron chi connectivity index (χ1n) is 7.06. The fourth-order valence-corrected chi connectivity index (χ4v) is 1.98. The van der Waals surface area contributed by atoms with Gasteiger partial charge in [-0.1, -0.05) is 32.0 Å². The molecule has 0 aliphatic carbocycles. The molecule has 0 aliphatic heterocycles. The van der Waals surface area contributed by atoms with Crippen molar-refractivity contribution in [2.75, 3.05) is 0 Å². The number of aliphatic carboxylic acids is 1. The maximum absolute atomic E-state index is 12.1. The summed E-state index contributed by atoms with van der Waals surface area (Å²) in [7, 11) is 0. The zero-order valence-electron chi connectivity index (χ0n) is 12.1. The van der Waals surface area contributed by atoms with Crippen molar-refractivity contribution in [2.24, 2.45) is 5.92 Å². The molecule has 110 valence electrons. The smallest absolute Gasteiger partial charge is 0.303 e. The summed E-state index contributed by atoms with van der Waals surface area (Å²) in [6.45, 7) is 4.24. The molecule has 1 amide bonds. The lowest BCUT2D eigenvalue weighted by Crippen LogP contribution is -2.35. The van der Waals surface area contributed by atoms with E-state index in [1.165, 1.54) is 0 Å². The van der Waals surface area contributed by atoms with E-state index >= 15 is 0 Å². The van der Waals surface area contributed by atoms with Gasteiger partial charge in [-0.2, -0.15) is 0 Å². The minimum Gasteiger partial charge on any atom is -0.481 e. The molecule has 0 unspecified atom stereocenters. The molecule has 0 saturated heterocycles. The Labute approximate surface area is 120 Å². The summed E-state index contributed by atoms with van der Waals surface area (Å²) in [6, 6.07) is 8.92. The Bertz CT molecular complexity index is 429. The fourth-order valence-electron chi connectivity index (χ4n) is 1.98. The van der Waals surface area contributed by atoms with Crippen LogP contribution in [0, 0.1) is 5.92 Å².